The normalized spacial score (nSPS) is 21.4. The van der Waals surface area contributed by atoms with E-state index in [-0.39, 0.29) is 17.7 Å². The van der Waals surface area contributed by atoms with Crippen molar-refractivity contribution in [3.8, 4) is 5.75 Å². The molecule has 0 aliphatic carbocycles. The molecule has 0 bridgehead atoms. The zero-order valence-corrected chi connectivity index (χ0v) is 12.5. The van der Waals surface area contributed by atoms with Crippen LogP contribution in [0.4, 0.5) is 5.69 Å². The Morgan fingerprint density at radius 3 is 2.71 bits per heavy atom. The molecule has 1 aromatic carbocycles. The second kappa shape index (κ2) is 5.39. The fraction of sp³-hybridized carbons (Fsp3) is 0.500. The minimum atomic E-state index is -0.219. The number of ether oxygens (including phenoxy) is 1. The van der Waals surface area contributed by atoms with Gasteiger partial charge in [0.25, 0.3) is 0 Å². The number of hydrogen-bond donors (Lipinski definition) is 0. The second-order valence-corrected chi connectivity index (χ2v) is 5.76. The first-order chi connectivity index (χ1) is 10.1. The molecule has 2 aliphatic heterocycles. The average molecular weight is 288 g/mol. The standard InChI is InChI=1S/C16H20N2O3/c1-11-4-5-14(21-2)13(8-11)18-10-12(9-15(18)19)16(20)17-6-3-7-17/h4-5,8,12H,3,6-7,9-10H2,1-2H3. The first-order valence-corrected chi connectivity index (χ1v) is 7.34. The Morgan fingerprint density at radius 2 is 2.10 bits per heavy atom. The summed E-state index contributed by atoms with van der Waals surface area (Å²) in [6, 6.07) is 5.75. The maximum atomic E-state index is 12.3. The summed E-state index contributed by atoms with van der Waals surface area (Å²) >= 11 is 0. The van der Waals surface area contributed by atoms with E-state index in [1.54, 1.807) is 12.0 Å². The van der Waals surface area contributed by atoms with Crippen molar-refractivity contribution < 1.29 is 14.3 Å². The van der Waals surface area contributed by atoms with Crippen molar-refractivity contribution in [2.75, 3.05) is 31.6 Å². The van der Waals surface area contributed by atoms with Crippen molar-refractivity contribution in [2.24, 2.45) is 5.92 Å². The van der Waals surface area contributed by atoms with Gasteiger partial charge in [0.1, 0.15) is 5.75 Å². The van der Waals surface area contributed by atoms with E-state index in [0.29, 0.717) is 18.7 Å². The van der Waals surface area contributed by atoms with E-state index in [9.17, 15) is 9.59 Å². The third-order valence-corrected chi connectivity index (χ3v) is 4.27. The number of rotatable bonds is 3. The molecule has 0 aromatic heterocycles. The molecule has 1 atom stereocenters. The van der Waals surface area contributed by atoms with Crippen LogP contribution in [0.1, 0.15) is 18.4 Å². The number of likely N-dealkylation sites (tertiary alicyclic amines) is 1. The van der Waals surface area contributed by atoms with E-state index < -0.39 is 0 Å². The zero-order valence-electron chi connectivity index (χ0n) is 12.5. The Kier molecular flexibility index (Phi) is 3.57. The highest BCUT2D eigenvalue weighted by molar-refractivity contribution is 6.01. The lowest BCUT2D eigenvalue weighted by molar-refractivity contribution is -0.139. The van der Waals surface area contributed by atoms with Crippen LogP contribution in [-0.2, 0) is 9.59 Å². The van der Waals surface area contributed by atoms with Gasteiger partial charge in [-0.25, -0.2) is 0 Å². The van der Waals surface area contributed by atoms with Gasteiger partial charge in [0.15, 0.2) is 0 Å². The lowest BCUT2D eigenvalue weighted by Crippen LogP contribution is -2.45. The predicted octanol–water partition coefficient (Wildman–Crippen LogP) is 1.59. The van der Waals surface area contributed by atoms with Crippen LogP contribution in [0, 0.1) is 12.8 Å². The molecule has 0 saturated carbocycles. The molecule has 21 heavy (non-hydrogen) atoms. The molecule has 1 aromatic rings. The van der Waals surface area contributed by atoms with Crippen LogP contribution < -0.4 is 9.64 Å². The molecule has 2 fully saturated rings. The largest absolute Gasteiger partial charge is 0.495 e. The van der Waals surface area contributed by atoms with E-state index in [4.69, 9.17) is 4.74 Å². The molecule has 2 aliphatic rings. The smallest absolute Gasteiger partial charge is 0.228 e. The topological polar surface area (TPSA) is 49.9 Å². The van der Waals surface area contributed by atoms with Crippen molar-refractivity contribution in [3.05, 3.63) is 23.8 Å². The van der Waals surface area contributed by atoms with Gasteiger partial charge in [0.2, 0.25) is 11.8 Å². The molecule has 2 saturated heterocycles. The van der Waals surface area contributed by atoms with Crippen LogP contribution in [0.2, 0.25) is 0 Å². The van der Waals surface area contributed by atoms with Crippen molar-refractivity contribution in [1.82, 2.24) is 4.90 Å². The van der Waals surface area contributed by atoms with Gasteiger partial charge in [-0.15, -0.1) is 0 Å². The monoisotopic (exact) mass is 288 g/mol. The van der Waals surface area contributed by atoms with Crippen molar-refractivity contribution in [3.63, 3.8) is 0 Å². The molecule has 0 radical (unpaired) electrons. The van der Waals surface area contributed by atoms with Gasteiger partial charge in [-0.2, -0.15) is 0 Å². The molecule has 5 nitrogen and oxygen atoms in total. The van der Waals surface area contributed by atoms with Crippen LogP contribution in [0.3, 0.4) is 0 Å². The Labute approximate surface area is 124 Å². The highest BCUT2D eigenvalue weighted by Gasteiger charge is 2.39. The summed E-state index contributed by atoms with van der Waals surface area (Å²) in [5.41, 5.74) is 1.83. The van der Waals surface area contributed by atoms with E-state index in [1.807, 2.05) is 30.0 Å². The molecule has 0 N–H and O–H groups in total. The lowest BCUT2D eigenvalue weighted by atomic mass is 10.0. The summed E-state index contributed by atoms with van der Waals surface area (Å²) in [4.78, 5) is 28.1. The third-order valence-electron chi connectivity index (χ3n) is 4.27. The molecule has 5 heteroatoms. The highest BCUT2D eigenvalue weighted by atomic mass is 16.5. The van der Waals surface area contributed by atoms with E-state index >= 15 is 0 Å². The fourth-order valence-corrected chi connectivity index (χ4v) is 2.91. The number of benzene rings is 1. The van der Waals surface area contributed by atoms with Gasteiger partial charge >= 0.3 is 0 Å². The molecule has 2 amide bonds. The van der Waals surface area contributed by atoms with Crippen molar-refractivity contribution in [1.29, 1.82) is 0 Å². The number of nitrogens with zero attached hydrogens (tertiary/aromatic N) is 2. The second-order valence-electron chi connectivity index (χ2n) is 5.76. The summed E-state index contributed by atoms with van der Waals surface area (Å²) in [6.45, 7) is 4.09. The molecular formula is C16H20N2O3. The molecule has 0 spiro atoms. The maximum absolute atomic E-state index is 12.3. The van der Waals surface area contributed by atoms with Crippen LogP contribution >= 0.6 is 0 Å². The number of anilines is 1. The van der Waals surface area contributed by atoms with Crippen molar-refractivity contribution >= 4 is 17.5 Å². The number of methoxy groups -OCH3 is 1. The lowest BCUT2D eigenvalue weighted by Gasteiger charge is -2.33. The fourth-order valence-electron chi connectivity index (χ4n) is 2.91. The average Bonchev–Trinajstić information content (AvgIpc) is 2.78. The van der Waals surface area contributed by atoms with Gasteiger partial charge in [-0.05, 0) is 31.0 Å². The number of amides is 2. The Hall–Kier alpha value is -2.04. The van der Waals surface area contributed by atoms with Crippen LogP contribution in [0.25, 0.3) is 0 Å². The Morgan fingerprint density at radius 1 is 1.33 bits per heavy atom. The summed E-state index contributed by atoms with van der Waals surface area (Å²) in [6.07, 6.45) is 1.37. The van der Waals surface area contributed by atoms with E-state index in [1.165, 1.54) is 0 Å². The minimum Gasteiger partial charge on any atom is -0.495 e. The molecule has 3 rings (SSSR count). The number of carbonyl (C=O) groups is 2. The molecule has 112 valence electrons. The summed E-state index contributed by atoms with van der Waals surface area (Å²) in [5.74, 6) is 0.565. The third kappa shape index (κ3) is 2.48. The van der Waals surface area contributed by atoms with Gasteiger partial charge < -0.3 is 14.5 Å². The van der Waals surface area contributed by atoms with Crippen LogP contribution in [-0.4, -0.2) is 43.5 Å². The molecule has 1 unspecified atom stereocenters. The maximum Gasteiger partial charge on any atom is 0.228 e. The van der Waals surface area contributed by atoms with Gasteiger partial charge in [-0.1, -0.05) is 6.07 Å². The molecule has 2 heterocycles. The summed E-state index contributed by atoms with van der Waals surface area (Å²) < 4.78 is 5.35. The Bertz CT molecular complexity index is 581. The van der Waals surface area contributed by atoms with Gasteiger partial charge in [-0.3, -0.25) is 9.59 Å². The number of hydrogen-bond acceptors (Lipinski definition) is 3. The summed E-state index contributed by atoms with van der Waals surface area (Å²) in [5, 5.41) is 0. The van der Waals surface area contributed by atoms with Crippen molar-refractivity contribution in [2.45, 2.75) is 19.8 Å². The van der Waals surface area contributed by atoms with Crippen LogP contribution in [0.5, 0.6) is 5.75 Å². The minimum absolute atomic E-state index is 0.00206. The number of aryl methyl sites for hydroxylation is 1. The quantitative estimate of drug-likeness (QED) is 0.848. The first-order valence-electron chi connectivity index (χ1n) is 7.34. The highest BCUT2D eigenvalue weighted by Crippen LogP contribution is 2.34. The van der Waals surface area contributed by atoms with E-state index in [0.717, 1.165) is 30.8 Å². The van der Waals surface area contributed by atoms with Gasteiger partial charge in [0.05, 0.1) is 18.7 Å². The van der Waals surface area contributed by atoms with Crippen LogP contribution in [0.15, 0.2) is 18.2 Å². The zero-order chi connectivity index (χ0) is 15.0. The predicted molar refractivity (Wildman–Crippen MR) is 79.4 cm³/mol. The summed E-state index contributed by atoms with van der Waals surface area (Å²) in [7, 11) is 1.59. The number of carbonyl (C=O) groups excluding carboxylic acids is 2. The Balaban J connectivity index is 1.81. The SMILES string of the molecule is COc1ccc(C)cc1N1CC(C(=O)N2CCC2)CC1=O. The molecular weight excluding hydrogens is 268 g/mol. The first kappa shape index (κ1) is 13.9. The van der Waals surface area contributed by atoms with Gasteiger partial charge in [0, 0.05) is 26.1 Å². The van der Waals surface area contributed by atoms with E-state index in [2.05, 4.69) is 0 Å².